The molecule has 0 aliphatic heterocycles. The maximum absolute atomic E-state index is 10.2. The summed E-state index contributed by atoms with van der Waals surface area (Å²) in [6.07, 6.45) is 2.03. The van der Waals surface area contributed by atoms with E-state index in [-0.39, 0.29) is 11.7 Å². The molecule has 0 spiro atoms. The number of rotatable bonds is 5. The molecule has 0 radical (unpaired) electrons. The average molecular weight is 358 g/mol. The van der Waals surface area contributed by atoms with Gasteiger partial charge in [-0.2, -0.15) is 9.78 Å². The van der Waals surface area contributed by atoms with Gasteiger partial charge in [0.05, 0.1) is 5.69 Å². The van der Waals surface area contributed by atoms with Gasteiger partial charge in [-0.05, 0) is 23.8 Å². The Morgan fingerprint density at radius 2 is 2.08 bits per heavy atom. The van der Waals surface area contributed by atoms with Crippen LogP contribution in [0.5, 0.6) is 5.88 Å². The van der Waals surface area contributed by atoms with Crippen LogP contribution < -0.4 is 17.1 Å². The molecule has 0 atom stereocenters. The van der Waals surface area contributed by atoms with Crippen LogP contribution in [0.2, 0.25) is 5.02 Å². The first-order valence-corrected chi connectivity index (χ1v) is 7.73. The number of benzene rings is 1. The van der Waals surface area contributed by atoms with Gasteiger partial charge in [-0.15, -0.1) is 5.10 Å². The Hall–Kier alpha value is -3.10. The number of nitrogens with one attached hydrogen (secondary N) is 1. The molecule has 0 unspecified atom stereocenters. The van der Waals surface area contributed by atoms with Crippen LogP contribution in [0.15, 0.2) is 53.8 Å². The molecule has 0 aliphatic carbocycles. The highest BCUT2D eigenvalue weighted by Crippen LogP contribution is 2.22. The Balaban J connectivity index is 1.92. The number of aromatic nitrogens is 3. The summed E-state index contributed by atoms with van der Waals surface area (Å²) in [7, 11) is 0. The van der Waals surface area contributed by atoms with Crippen LogP contribution in [0.1, 0.15) is 16.8 Å². The Labute approximate surface area is 148 Å². The minimum atomic E-state index is -0.0424. The summed E-state index contributed by atoms with van der Waals surface area (Å²) >= 11 is 6.17. The van der Waals surface area contributed by atoms with Crippen molar-refractivity contribution in [1.29, 1.82) is 0 Å². The molecule has 1 aromatic carbocycles. The lowest BCUT2D eigenvalue weighted by atomic mass is 10.1. The second kappa shape index (κ2) is 7.20. The second-order valence-electron chi connectivity index (χ2n) is 5.20. The van der Waals surface area contributed by atoms with E-state index in [0.717, 1.165) is 5.56 Å². The van der Waals surface area contributed by atoms with Crippen molar-refractivity contribution in [3.05, 3.63) is 70.5 Å². The van der Waals surface area contributed by atoms with Crippen LogP contribution in [-0.4, -0.2) is 25.7 Å². The number of hydrogen-bond acceptors (Lipinski definition) is 6. The zero-order chi connectivity index (χ0) is 17.8. The summed E-state index contributed by atoms with van der Waals surface area (Å²) in [5, 5.41) is 18.9. The third-order valence-electron chi connectivity index (χ3n) is 3.51. The second-order valence-corrected chi connectivity index (χ2v) is 5.61. The molecule has 128 valence electrons. The van der Waals surface area contributed by atoms with E-state index in [9.17, 15) is 5.11 Å². The lowest BCUT2D eigenvalue weighted by Gasteiger charge is -2.05. The number of aromatic hydroxyl groups is 1. The van der Waals surface area contributed by atoms with Crippen molar-refractivity contribution in [2.24, 2.45) is 16.7 Å². The number of hydrogen-bond donors (Lipinski definition) is 4. The molecule has 3 aromatic rings. The molecular formula is C16H16ClN7O. The van der Waals surface area contributed by atoms with Crippen molar-refractivity contribution >= 4 is 17.4 Å². The zero-order valence-electron chi connectivity index (χ0n) is 13.1. The number of hydrazone groups is 1. The summed E-state index contributed by atoms with van der Waals surface area (Å²) in [6, 6.07) is 12.4. The number of nitrogens with zero attached hydrogens (tertiary/aromatic N) is 4. The Morgan fingerprint density at radius 1 is 1.28 bits per heavy atom. The maximum atomic E-state index is 10.2. The molecule has 0 saturated heterocycles. The maximum Gasteiger partial charge on any atom is 0.215 e. The Bertz CT molecular complexity index is 922. The number of halogens is 1. The van der Waals surface area contributed by atoms with Crippen molar-refractivity contribution < 1.29 is 5.11 Å². The molecule has 2 aromatic heterocycles. The molecule has 0 fully saturated rings. The number of hydrazine groups is 1. The largest absolute Gasteiger partial charge is 0.493 e. The predicted molar refractivity (Wildman–Crippen MR) is 95.3 cm³/mol. The Kier molecular flexibility index (Phi) is 4.82. The first kappa shape index (κ1) is 16.7. The highest BCUT2D eigenvalue weighted by atomic mass is 35.5. The van der Waals surface area contributed by atoms with Gasteiger partial charge in [-0.25, -0.2) is 16.4 Å². The van der Waals surface area contributed by atoms with Crippen molar-refractivity contribution in [2.45, 2.75) is 6.42 Å². The molecular weight excluding hydrogens is 342 g/mol. The number of amidine groups is 1. The van der Waals surface area contributed by atoms with E-state index in [4.69, 9.17) is 23.2 Å². The van der Waals surface area contributed by atoms with Gasteiger partial charge in [0.15, 0.2) is 11.7 Å². The van der Waals surface area contributed by atoms with E-state index in [0.29, 0.717) is 28.5 Å². The molecule has 0 bridgehead atoms. The monoisotopic (exact) mass is 357 g/mol. The van der Waals surface area contributed by atoms with E-state index >= 15 is 0 Å². The molecule has 0 amide bonds. The molecule has 8 nitrogen and oxygen atoms in total. The predicted octanol–water partition coefficient (Wildman–Crippen LogP) is 1.30. The normalized spacial score (nSPS) is 11.5. The fourth-order valence-electron chi connectivity index (χ4n) is 2.34. The van der Waals surface area contributed by atoms with E-state index < -0.39 is 0 Å². The van der Waals surface area contributed by atoms with Gasteiger partial charge < -0.3 is 10.8 Å². The Morgan fingerprint density at radius 3 is 2.84 bits per heavy atom. The third-order valence-corrected chi connectivity index (χ3v) is 3.88. The summed E-state index contributed by atoms with van der Waals surface area (Å²) in [5.41, 5.74) is 10.1. The lowest BCUT2D eigenvalue weighted by Crippen LogP contribution is -2.23. The molecule has 25 heavy (non-hydrogen) atoms. The van der Waals surface area contributed by atoms with Gasteiger partial charge in [0.1, 0.15) is 0 Å². The van der Waals surface area contributed by atoms with Crippen LogP contribution in [0.3, 0.4) is 0 Å². The average Bonchev–Trinajstić information content (AvgIpc) is 2.98. The van der Waals surface area contributed by atoms with E-state index in [1.165, 1.54) is 4.68 Å². The molecule has 0 aliphatic rings. The molecule has 9 heteroatoms. The van der Waals surface area contributed by atoms with Crippen molar-refractivity contribution in [2.75, 3.05) is 0 Å². The molecule has 0 saturated carbocycles. The molecule has 2 heterocycles. The minimum Gasteiger partial charge on any atom is -0.493 e. The van der Waals surface area contributed by atoms with Crippen molar-refractivity contribution in [3.63, 3.8) is 0 Å². The van der Waals surface area contributed by atoms with E-state index in [1.54, 1.807) is 24.4 Å². The van der Waals surface area contributed by atoms with Gasteiger partial charge in [0.2, 0.25) is 5.88 Å². The lowest BCUT2D eigenvalue weighted by molar-refractivity contribution is 0.432. The highest BCUT2D eigenvalue weighted by molar-refractivity contribution is 6.31. The van der Waals surface area contributed by atoms with Crippen LogP contribution in [0, 0.1) is 0 Å². The van der Waals surface area contributed by atoms with Gasteiger partial charge >= 0.3 is 0 Å². The molecule has 3 rings (SSSR count). The molecule has 6 N–H and O–H groups in total. The van der Waals surface area contributed by atoms with Crippen LogP contribution in [0.25, 0.3) is 5.82 Å². The van der Waals surface area contributed by atoms with Crippen LogP contribution >= 0.6 is 11.6 Å². The summed E-state index contributed by atoms with van der Waals surface area (Å²) in [5.74, 6) is 5.67. The number of pyridine rings is 1. The van der Waals surface area contributed by atoms with Crippen LogP contribution in [-0.2, 0) is 6.42 Å². The third kappa shape index (κ3) is 3.70. The van der Waals surface area contributed by atoms with Crippen molar-refractivity contribution in [3.8, 4) is 11.7 Å². The summed E-state index contributed by atoms with van der Waals surface area (Å²) in [6.45, 7) is 0. The number of nitrogens with two attached hydrogens (primary N) is 2. The summed E-state index contributed by atoms with van der Waals surface area (Å²) < 4.78 is 1.32. The first-order valence-electron chi connectivity index (χ1n) is 7.35. The fraction of sp³-hybridized carbons (Fsp3) is 0.0625. The minimum absolute atomic E-state index is 0.0424. The SMILES string of the molecule is NN/N=C(\N)c1ccnc(-n2nc(Cc3ccccc3Cl)cc2O)c1. The van der Waals surface area contributed by atoms with Gasteiger partial charge in [0.25, 0.3) is 0 Å². The highest BCUT2D eigenvalue weighted by Gasteiger charge is 2.12. The zero-order valence-corrected chi connectivity index (χ0v) is 13.9. The van der Waals surface area contributed by atoms with E-state index in [2.05, 4.69) is 20.7 Å². The fourth-order valence-corrected chi connectivity index (χ4v) is 2.54. The van der Waals surface area contributed by atoms with Crippen molar-refractivity contribution in [1.82, 2.24) is 20.3 Å². The quantitative estimate of drug-likeness (QED) is 0.236. The topological polar surface area (TPSA) is 127 Å². The van der Waals surface area contributed by atoms with Crippen LogP contribution in [0.4, 0.5) is 0 Å². The first-order chi connectivity index (χ1) is 12.1. The van der Waals surface area contributed by atoms with Gasteiger partial charge in [-0.1, -0.05) is 29.8 Å². The van der Waals surface area contributed by atoms with E-state index in [1.807, 2.05) is 24.3 Å². The van der Waals surface area contributed by atoms with Gasteiger partial charge in [-0.3, -0.25) is 0 Å². The standard InChI is InChI=1S/C16H16ClN7O/c17-13-4-2-1-3-10(13)7-12-9-15(25)24(22-12)14-8-11(5-6-20-14)16(18)21-23-19/h1-6,8-9,23,25H,7,19H2,(H2,18,21). The van der Waals surface area contributed by atoms with Gasteiger partial charge in [0, 0.05) is 29.3 Å². The summed E-state index contributed by atoms with van der Waals surface area (Å²) in [4.78, 5) is 4.20. The smallest absolute Gasteiger partial charge is 0.215 e.